The molecular formula is C22H21ClF4N4O4. The highest BCUT2D eigenvalue weighted by Crippen LogP contribution is 2.39. The van der Waals surface area contributed by atoms with E-state index in [0.717, 1.165) is 12.1 Å². The maximum atomic E-state index is 14.6. The fourth-order valence-corrected chi connectivity index (χ4v) is 2.84. The lowest BCUT2D eigenvalue weighted by Crippen LogP contribution is -2.38. The number of amides is 1. The van der Waals surface area contributed by atoms with Crippen molar-refractivity contribution in [2.75, 3.05) is 11.6 Å². The highest BCUT2D eigenvalue weighted by molar-refractivity contribution is 6.32. The fourth-order valence-electron chi connectivity index (χ4n) is 2.65. The van der Waals surface area contributed by atoms with Crippen molar-refractivity contribution in [3.8, 4) is 17.4 Å². The van der Waals surface area contributed by atoms with Crippen LogP contribution in [0.1, 0.15) is 19.8 Å². The van der Waals surface area contributed by atoms with Crippen molar-refractivity contribution in [1.82, 2.24) is 10.3 Å². The van der Waals surface area contributed by atoms with Crippen molar-refractivity contribution in [3.05, 3.63) is 65.4 Å². The molecule has 0 radical (unpaired) electrons. The van der Waals surface area contributed by atoms with Crippen LogP contribution in [-0.2, 0) is 9.59 Å². The van der Waals surface area contributed by atoms with Crippen LogP contribution in [0.15, 0.2) is 54.5 Å². The van der Waals surface area contributed by atoms with Gasteiger partial charge in [0.05, 0.1) is 17.3 Å². The molecule has 35 heavy (non-hydrogen) atoms. The lowest BCUT2D eigenvalue weighted by Gasteiger charge is -2.25. The fraction of sp³-hybridized carbons (Fsp3) is 0.227. The molecule has 0 atom stereocenters. The van der Waals surface area contributed by atoms with Crippen LogP contribution < -0.4 is 25.6 Å². The summed E-state index contributed by atoms with van der Waals surface area (Å²) >= 11 is 6.04. The number of nitrogens with two attached hydrogens (primary N) is 1. The Morgan fingerprint density at radius 3 is 2.69 bits per heavy atom. The standard InChI is InChI=1S/C22H21ClF4N4O4/c1-13(30-12-32)9-20(22(25,26)27)31(28)17-11-19(15(23)10-16(17)24)35-18-6-3-7-29-21(18)34-8-4-5-14(2)33/h3,6-7,9-12H,1,4-5,8,28H2,2H3,(H,30,32)/b20-9-. The number of ether oxygens (including phenoxy) is 2. The van der Waals surface area contributed by atoms with Crippen LogP contribution in [-0.4, -0.2) is 30.0 Å². The monoisotopic (exact) mass is 516 g/mol. The van der Waals surface area contributed by atoms with Gasteiger partial charge in [-0.3, -0.25) is 9.80 Å². The van der Waals surface area contributed by atoms with Gasteiger partial charge >= 0.3 is 6.18 Å². The number of carbonyl (C=O) groups excluding carboxylic acids is 2. The van der Waals surface area contributed by atoms with E-state index in [9.17, 15) is 27.2 Å². The number of halogens is 5. The van der Waals surface area contributed by atoms with E-state index < -0.39 is 29.1 Å². The molecule has 0 bridgehead atoms. The number of anilines is 1. The summed E-state index contributed by atoms with van der Waals surface area (Å²) in [6, 6.07) is 4.53. The minimum Gasteiger partial charge on any atom is -0.475 e. The molecule has 1 aromatic carbocycles. The van der Waals surface area contributed by atoms with E-state index in [0.29, 0.717) is 18.9 Å². The number of benzene rings is 1. The number of hydrogen-bond donors (Lipinski definition) is 2. The molecule has 2 aromatic rings. The normalized spacial score (nSPS) is 11.6. The molecule has 0 aliphatic carbocycles. The van der Waals surface area contributed by atoms with E-state index in [2.05, 4.69) is 11.6 Å². The molecule has 0 unspecified atom stereocenters. The van der Waals surface area contributed by atoms with E-state index in [4.69, 9.17) is 26.9 Å². The lowest BCUT2D eigenvalue weighted by molar-refractivity contribution is -0.117. The van der Waals surface area contributed by atoms with E-state index in [-0.39, 0.29) is 46.2 Å². The predicted octanol–water partition coefficient (Wildman–Crippen LogP) is 4.80. The Hall–Kier alpha value is -3.64. The van der Waals surface area contributed by atoms with Gasteiger partial charge in [0.2, 0.25) is 6.41 Å². The summed E-state index contributed by atoms with van der Waals surface area (Å²) in [6.45, 7) is 4.84. The summed E-state index contributed by atoms with van der Waals surface area (Å²) in [5, 5.41) is 1.70. The molecule has 1 amide bonds. The van der Waals surface area contributed by atoms with Crippen LogP contribution in [0.4, 0.5) is 23.2 Å². The van der Waals surface area contributed by atoms with E-state index >= 15 is 0 Å². The van der Waals surface area contributed by atoms with Gasteiger partial charge in [0.25, 0.3) is 5.88 Å². The average Bonchev–Trinajstić information content (AvgIpc) is 2.76. The quantitative estimate of drug-likeness (QED) is 0.104. The first-order chi connectivity index (χ1) is 16.4. The molecule has 1 aromatic heterocycles. The number of hydrazine groups is 1. The number of ketones is 1. The van der Waals surface area contributed by atoms with Gasteiger partial charge in [-0.05, 0) is 37.6 Å². The van der Waals surface area contributed by atoms with E-state index in [1.807, 2.05) is 5.32 Å². The molecule has 1 heterocycles. The summed E-state index contributed by atoms with van der Waals surface area (Å²) in [4.78, 5) is 25.6. The zero-order chi connectivity index (χ0) is 26.2. The largest absolute Gasteiger partial charge is 0.475 e. The smallest absolute Gasteiger partial charge is 0.432 e. The number of Topliss-reactive ketones (excluding diaryl/α,β-unsaturated/α-hetero) is 1. The number of alkyl halides is 3. The summed E-state index contributed by atoms with van der Waals surface area (Å²) in [5.74, 6) is 4.22. The van der Waals surface area contributed by atoms with Gasteiger partial charge in [-0.2, -0.15) is 13.2 Å². The number of nitrogens with one attached hydrogen (secondary N) is 1. The van der Waals surface area contributed by atoms with Gasteiger partial charge in [0.15, 0.2) is 5.75 Å². The van der Waals surface area contributed by atoms with Crippen molar-refractivity contribution < 1.29 is 36.6 Å². The molecule has 0 fully saturated rings. The second kappa shape index (κ2) is 12.2. The Kier molecular flexibility index (Phi) is 9.60. The number of pyridine rings is 1. The van der Waals surface area contributed by atoms with Crippen molar-refractivity contribution in [2.24, 2.45) is 5.84 Å². The van der Waals surface area contributed by atoms with E-state index in [1.165, 1.54) is 25.3 Å². The van der Waals surface area contributed by atoms with Crippen LogP contribution >= 0.6 is 11.6 Å². The molecule has 188 valence electrons. The Bertz CT molecular complexity index is 1130. The van der Waals surface area contributed by atoms with Crippen LogP contribution in [0.5, 0.6) is 17.4 Å². The molecule has 2 rings (SSSR count). The number of rotatable bonds is 12. The Labute approximate surface area is 202 Å². The van der Waals surface area contributed by atoms with Crippen molar-refractivity contribution in [3.63, 3.8) is 0 Å². The molecule has 0 aliphatic heterocycles. The van der Waals surface area contributed by atoms with Crippen LogP contribution in [0.25, 0.3) is 0 Å². The van der Waals surface area contributed by atoms with Crippen molar-refractivity contribution >= 4 is 29.5 Å². The van der Waals surface area contributed by atoms with Gasteiger partial charge < -0.3 is 19.6 Å². The highest BCUT2D eigenvalue weighted by atomic mass is 35.5. The molecule has 13 heteroatoms. The second-order valence-electron chi connectivity index (χ2n) is 6.98. The minimum absolute atomic E-state index is 0.0131. The zero-order valence-corrected chi connectivity index (χ0v) is 19.1. The molecular weight excluding hydrogens is 496 g/mol. The number of nitrogens with zero attached hydrogens (tertiary/aromatic N) is 2. The topological polar surface area (TPSA) is 107 Å². The predicted molar refractivity (Wildman–Crippen MR) is 120 cm³/mol. The molecule has 0 saturated heterocycles. The van der Waals surface area contributed by atoms with Gasteiger partial charge in [0.1, 0.15) is 23.0 Å². The Morgan fingerprint density at radius 2 is 2.06 bits per heavy atom. The summed E-state index contributed by atoms with van der Waals surface area (Å²) < 4.78 is 66.5. The van der Waals surface area contributed by atoms with Gasteiger partial charge in [-0.15, -0.1) is 0 Å². The number of hydrogen-bond acceptors (Lipinski definition) is 7. The minimum atomic E-state index is -5.04. The Balaban J connectivity index is 2.38. The third-order valence-corrected chi connectivity index (χ3v) is 4.53. The van der Waals surface area contributed by atoms with Crippen LogP contribution in [0.2, 0.25) is 5.02 Å². The van der Waals surface area contributed by atoms with Crippen molar-refractivity contribution in [1.29, 1.82) is 0 Å². The zero-order valence-electron chi connectivity index (χ0n) is 18.4. The van der Waals surface area contributed by atoms with Gasteiger partial charge in [-0.25, -0.2) is 15.2 Å². The third kappa shape index (κ3) is 7.97. The van der Waals surface area contributed by atoms with E-state index in [1.54, 1.807) is 0 Å². The molecule has 8 nitrogen and oxygen atoms in total. The van der Waals surface area contributed by atoms with Gasteiger partial charge in [-0.1, -0.05) is 18.2 Å². The van der Waals surface area contributed by atoms with Crippen LogP contribution in [0, 0.1) is 5.82 Å². The number of allylic oxidation sites excluding steroid dienone is 2. The molecule has 3 N–H and O–H groups in total. The number of aromatic nitrogens is 1. The SMILES string of the molecule is C=C(/C=C(\N(N)c1cc(Oc2cccnc2OCCCC(C)=O)c(Cl)cc1F)C(F)(F)F)NC=O. The maximum absolute atomic E-state index is 14.6. The van der Waals surface area contributed by atoms with Gasteiger partial charge in [0, 0.05) is 24.4 Å². The lowest BCUT2D eigenvalue weighted by atomic mass is 10.2. The second-order valence-corrected chi connectivity index (χ2v) is 7.39. The first-order valence-electron chi connectivity index (χ1n) is 9.91. The highest BCUT2D eigenvalue weighted by Gasteiger charge is 2.38. The van der Waals surface area contributed by atoms with Crippen LogP contribution in [0.3, 0.4) is 0 Å². The molecule has 0 spiro atoms. The Morgan fingerprint density at radius 1 is 1.34 bits per heavy atom. The first kappa shape index (κ1) is 27.6. The molecule has 0 saturated carbocycles. The average molecular weight is 517 g/mol. The first-order valence-corrected chi connectivity index (χ1v) is 10.3. The molecule has 0 aliphatic rings. The third-order valence-electron chi connectivity index (χ3n) is 4.23. The summed E-state index contributed by atoms with van der Waals surface area (Å²) in [5.41, 5.74) is -2.70. The maximum Gasteiger partial charge on any atom is 0.432 e. The summed E-state index contributed by atoms with van der Waals surface area (Å²) in [7, 11) is 0. The van der Waals surface area contributed by atoms with Crippen molar-refractivity contribution in [2.45, 2.75) is 25.9 Å². The summed E-state index contributed by atoms with van der Waals surface area (Å²) in [6.07, 6.45) is -2.36. The number of carbonyl (C=O) groups is 2.